The Balaban J connectivity index is 2.48. The maximum atomic E-state index is 9.18. The first-order chi connectivity index (χ1) is 8.19. The molecule has 3 N–H and O–H groups in total. The number of nitrogens with one attached hydrogen (secondary N) is 1. The van der Waals surface area contributed by atoms with Gasteiger partial charge < -0.3 is 5.73 Å². The predicted molar refractivity (Wildman–Crippen MR) is 68.3 cm³/mol. The van der Waals surface area contributed by atoms with Crippen LogP contribution in [0.15, 0.2) is 28.8 Å². The molecule has 0 spiro atoms. The van der Waals surface area contributed by atoms with Crippen molar-refractivity contribution in [2.45, 2.75) is 5.25 Å². The summed E-state index contributed by atoms with van der Waals surface area (Å²) in [5, 5.41) is 27.8. The average molecular weight is 260 g/mol. The maximum absolute atomic E-state index is 9.18. The van der Waals surface area contributed by atoms with E-state index >= 15 is 0 Å². The van der Waals surface area contributed by atoms with Crippen LogP contribution in [-0.2, 0) is 0 Å². The number of nitrogens with two attached hydrogens (primary N) is 1. The molecule has 0 aliphatic carbocycles. The Labute approximate surface area is 107 Å². The molecule has 6 heteroatoms. The van der Waals surface area contributed by atoms with Gasteiger partial charge in [-0.15, -0.1) is 11.3 Å². The van der Waals surface area contributed by atoms with Gasteiger partial charge in [-0.05, 0) is 11.4 Å². The summed E-state index contributed by atoms with van der Waals surface area (Å²) >= 11 is 2.76. The number of allylic oxidation sites excluding steroid dienone is 1. The monoisotopic (exact) mass is 260 g/mol. The number of thioether (sulfide) groups is 1. The highest BCUT2D eigenvalue weighted by Gasteiger charge is 2.35. The summed E-state index contributed by atoms with van der Waals surface area (Å²) < 4.78 is 0. The van der Waals surface area contributed by atoms with Crippen LogP contribution in [0.5, 0.6) is 0 Å². The van der Waals surface area contributed by atoms with Crippen molar-refractivity contribution in [3.8, 4) is 12.1 Å². The van der Waals surface area contributed by atoms with Crippen molar-refractivity contribution in [3.05, 3.63) is 33.7 Å². The van der Waals surface area contributed by atoms with Crippen LogP contribution in [0.4, 0.5) is 0 Å². The van der Waals surface area contributed by atoms with E-state index < -0.39 is 5.92 Å². The molecule has 0 unspecified atom stereocenters. The lowest BCUT2D eigenvalue weighted by molar-refractivity contribution is 0.744. The summed E-state index contributed by atoms with van der Waals surface area (Å²) in [5.41, 5.74) is 6.17. The van der Waals surface area contributed by atoms with Crippen LogP contribution in [0.2, 0.25) is 0 Å². The Morgan fingerprint density at radius 3 is 2.71 bits per heavy atom. The van der Waals surface area contributed by atoms with E-state index in [0.717, 1.165) is 4.88 Å². The molecule has 1 aromatic heterocycles. The number of nitriles is 2. The van der Waals surface area contributed by atoms with Crippen LogP contribution in [0, 0.1) is 34.0 Å². The lowest BCUT2D eigenvalue weighted by Gasteiger charge is -2.26. The van der Waals surface area contributed by atoms with Crippen LogP contribution in [0.25, 0.3) is 0 Å². The third-order valence-electron chi connectivity index (χ3n) is 2.47. The molecule has 84 valence electrons. The van der Waals surface area contributed by atoms with Gasteiger partial charge in [0.15, 0.2) is 0 Å². The van der Waals surface area contributed by atoms with Crippen molar-refractivity contribution in [2.75, 3.05) is 0 Å². The fraction of sp³-hybridized carbons (Fsp3) is 0.182. The van der Waals surface area contributed by atoms with Crippen molar-refractivity contribution in [3.63, 3.8) is 0 Å². The summed E-state index contributed by atoms with van der Waals surface area (Å²) in [6, 6.07) is 7.85. The molecule has 2 heterocycles. The summed E-state index contributed by atoms with van der Waals surface area (Å²) in [4.78, 5) is 1.01. The van der Waals surface area contributed by atoms with Gasteiger partial charge >= 0.3 is 0 Å². The molecule has 0 amide bonds. The van der Waals surface area contributed by atoms with Crippen molar-refractivity contribution in [1.29, 1.82) is 15.9 Å². The van der Waals surface area contributed by atoms with E-state index in [0.29, 0.717) is 0 Å². The average Bonchev–Trinajstić information content (AvgIpc) is 2.82. The smallest absolute Gasteiger partial charge is 0.107 e. The molecule has 0 bridgehead atoms. The first-order valence-corrected chi connectivity index (χ1v) is 6.53. The zero-order chi connectivity index (χ0) is 12.4. The Morgan fingerprint density at radius 1 is 1.41 bits per heavy atom. The molecule has 1 aliphatic heterocycles. The number of nitrogens with zero attached hydrogens (tertiary/aromatic N) is 2. The summed E-state index contributed by atoms with van der Waals surface area (Å²) in [7, 11) is 0. The molecule has 17 heavy (non-hydrogen) atoms. The van der Waals surface area contributed by atoms with E-state index in [1.165, 1.54) is 23.1 Å². The van der Waals surface area contributed by atoms with E-state index in [2.05, 4.69) is 6.07 Å². The van der Waals surface area contributed by atoms with Gasteiger partial charge in [0, 0.05) is 10.6 Å². The van der Waals surface area contributed by atoms with Gasteiger partial charge in [-0.25, -0.2) is 0 Å². The molecule has 4 nitrogen and oxygen atoms in total. The van der Waals surface area contributed by atoms with Crippen molar-refractivity contribution in [1.82, 2.24) is 0 Å². The zero-order valence-corrected chi connectivity index (χ0v) is 10.3. The molecule has 0 radical (unpaired) electrons. The van der Waals surface area contributed by atoms with Crippen LogP contribution in [0.1, 0.15) is 10.1 Å². The van der Waals surface area contributed by atoms with Gasteiger partial charge in [0.25, 0.3) is 0 Å². The lowest BCUT2D eigenvalue weighted by atomic mass is 9.97. The van der Waals surface area contributed by atoms with E-state index in [4.69, 9.17) is 16.4 Å². The third kappa shape index (κ3) is 1.93. The molecule has 0 saturated carbocycles. The van der Waals surface area contributed by atoms with Crippen molar-refractivity contribution < 1.29 is 0 Å². The van der Waals surface area contributed by atoms with Gasteiger partial charge in [-0.1, -0.05) is 17.8 Å². The highest BCUT2D eigenvalue weighted by molar-refractivity contribution is 8.14. The van der Waals surface area contributed by atoms with Gasteiger partial charge in [0.2, 0.25) is 0 Å². The lowest BCUT2D eigenvalue weighted by Crippen LogP contribution is -2.25. The first kappa shape index (κ1) is 11.7. The van der Waals surface area contributed by atoms with E-state index in [1.54, 1.807) is 0 Å². The Bertz CT molecular complexity index is 559. The number of thiophene rings is 1. The highest BCUT2D eigenvalue weighted by atomic mass is 32.2. The number of hydrogen-bond donors (Lipinski definition) is 2. The fourth-order valence-electron chi connectivity index (χ4n) is 1.63. The van der Waals surface area contributed by atoms with Gasteiger partial charge in [-0.3, -0.25) is 5.41 Å². The van der Waals surface area contributed by atoms with Crippen molar-refractivity contribution in [2.24, 2.45) is 11.7 Å². The molecule has 0 aromatic carbocycles. The molecule has 1 aliphatic rings. The Morgan fingerprint density at radius 2 is 2.18 bits per heavy atom. The third-order valence-corrected chi connectivity index (χ3v) is 4.80. The minimum absolute atomic E-state index is 0.134. The Hall–Kier alpha value is -1.76. The van der Waals surface area contributed by atoms with Gasteiger partial charge in [0.1, 0.15) is 22.6 Å². The van der Waals surface area contributed by atoms with Crippen LogP contribution >= 0.6 is 23.1 Å². The fourth-order valence-corrected chi connectivity index (χ4v) is 3.76. The van der Waals surface area contributed by atoms with Crippen LogP contribution in [0.3, 0.4) is 0 Å². The second-order valence-electron chi connectivity index (χ2n) is 3.43. The summed E-state index contributed by atoms with van der Waals surface area (Å²) in [5.74, 6) is -0.539. The molecule has 2 rings (SSSR count). The van der Waals surface area contributed by atoms with Gasteiger partial charge in [0.05, 0.1) is 11.3 Å². The van der Waals surface area contributed by atoms with E-state index in [-0.39, 0.29) is 21.6 Å². The standard InChI is InChI=1S/C11H8N4S2/c12-4-6-9(14)7(5-13)11(15)17-10(6)8-2-1-3-16-8/h1-3,6,10,15H,14H2/t6-,10+/m0/s1. The zero-order valence-electron chi connectivity index (χ0n) is 8.68. The van der Waals surface area contributed by atoms with E-state index in [1.807, 2.05) is 23.6 Å². The minimum atomic E-state index is -0.539. The van der Waals surface area contributed by atoms with Crippen molar-refractivity contribution >= 4 is 28.1 Å². The largest absolute Gasteiger partial charge is 0.400 e. The molecule has 1 aromatic rings. The Kier molecular flexibility index (Phi) is 3.19. The topological polar surface area (TPSA) is 97.4 Å². The SMILES string of the molecule is N#CC1=C(N)[C@H](C#N)[C@H](c2cccs2)SC1=N. The number of hydrogen-bond acceptors (Lipinski definition) is 6. The van der Waals surface area contributed by atoms with Crippen LogP contribution < -0.4 is 5.73 Å². The minimum Gasteiger partial charge on any atom is -0.400 e. The van der Waals surface area contributed by atoms with Crippen LogP contribution in [-0.4, -0.2) is 5.04 Å². The second-order valence-corrected chi connectivity index (χ2v) is 5.56. The number of rotatable bonds is 1. The highest BCUT2D eigenvalue weighted by Crippen LogP contribution is 2.45. The molecular weight excluding hydrogens is 252 g/mol. The quantitative estimate of drug-likeness (QED) is 0.810. The normalized spacial score (nSPS) is 24.2. The molecule has 0 fully saturated rings. The molecule has 0 saturated heterocycles. The molecular formula is C11H8N4S2. The second kappa shape index (κ2) is 4.62. The predicted octanol–water partition coefficient (Wildman–Crippen LogP) is 2.39. The molecule has 2 atom stereocenters. The van der Waals surface area contributed by atoms with Gasteiger partial charge in [-0.2, -0.15) is 10.5 Å². The first-order valence-electron chi connectivity index (χ1n) is 4.77. The maximum Gasteiger partial charge on any atom is 0.107 e. The summed E-state index contributed by atoms with van der Waals surface area (Å²) in [6.07, 6.45) is 0. The van der Waals surface area contributed by atoms with E-state index in [9.17, 15) is 5.26 Å². The summed E-state index contributed by atoms with van der Waals surface area (Å²) in [6.45, 7) is 0.